The second kappa shape index (κ2) is 6.86. The highest BCUT2D eigenvalue weighted by Gasteiger charge is 2.41. The van der Waals surface area contributed by atoms with Crippen LogP contribution in [0.4, 0.5) is 11.5 Å². The number of nitrogens with zero attached hydrogens (tertiary/aromatic N) is 3. The monoisotopic (exact) mass is 359 g/mol. The predicted octanol–water partition coefficient (Wildman–Crippen LogP) is 1.56. The first-order chi connectivity index (χ1) is 11.0. The van der Waals surface area contributed by atoms with Crippen LogP contribution in [0, 0.1) is 11.4 Å². The molecular formula is C13H18ClN5O3S. The van der Waals surface area contributed by atoms with E-state index >= 15 is 0 Å². The zero-order chi connectivity index (χ0) is 16.6. The number of hydrogen-bond acceptors (Lipinski definition) is 9. The van der Waals surface area contributed by atoms with E-state index in [-0.39, 0.29) is 23.1 Å². The van der Waals surface area contributed by atoms with Crippen molar-refractivity contribution in [3.05, 3.63) is 5.15 Å². The van der Waals surface area contributed by atoms with Crippen molar-refractivity contribution >= 4 is 34.9 Å². The van der Waals surface area contributed by atoms with Crippen LogP contribution in [-0.2, 0) is 0 Å². The van der Waals surface area contributed by atoms with Crippen LogP contribution in [-0.4, -0.2) is 55.4 Å². The molecule has 2 fully saturated rings. The largest absolute Gasteiger partial charge is 0.390 e. The average molecular weight is 360 g/mol. The number of hydrogen-bond donors (Lipinski definition) is 5. The number of halogens is 1. The van der Waals surface area contributed by atoms with E-state index in [1.165, 1.54) is 24.6 Å². The van der Waals surface area contributed by atoms with Crippen LogP contribution in [0.25, 0.3) is 0 Å². The molecule has 2 saturated carbocycles. The lowest BCUT2D eigenvalue weighted by Gasteiger charge is -2.19. The minimum Gasteiger partial charge on any atom is -0.390 e. The second-order valence-electron chi connectivity index (χ2n) is 5.90. The summed E-state index contributed by atoms with van der Waals surface area (Å²) in [6.07, 6.45) is -0.775. The van der Waals surface area contributed by atoms with Gasteiger partial charge < -0.3 is 20.6 Å². The topological polar surface area (TPSA) is 135 Å². The molecule has 0 spiro atoms. The fourth-order valence-corrected chi connectivity index (χ4v) is 3.77. The van der Waals surface area contributed by atoms with E-state index in [0.29, 0.717) is 11.1 Å². The van der Waals surface area contributed by atoms with E-state index in [0.717, 1.165) is 5.75 Å². The first kappa shape index (κ1) is 16.8. The molecule has 5 N–H and O–H groups in total. The lowest BCUT2D eigenvalue weighted by Crippen LogP contribution is -2.36. The Morgan fingerprint density at radius 3 is 2.57 bits per heavy atom. The minimum atomic E-state index is -1.22. The summed E-state index contributed by atoms with van der Waals surface area (Å²) in [4.78, 5) is 8.45. The molecule has 126 valence electrons. The van der Waals surface area contributed by atoms with E-state index in [4.69, 9.17) is 17.1 Å². The SMILES string of the molecule is N=Nc1c(Cl)nc(SCC2CC2)nc1NC1C[C@H](O)[C@@H](O)[C@H]1O. The van der Waals surface area contributed by atoms with Crippen molar-refractivity contribution in [3.8, 4) is 0 Å². The summed E-state index contributed by atoms with van der Waals surface area (Å²) in [5.41, 5.74) is 7.31. The Hall–Kier alpha value is -1.00. The van der Waals surface area contributed by atoms with E-state index < -0.39 is 24.4 Å². The van der Waals surface area contributed by atoms with Crippen molar-refractivity contribution in [3.63, 3.8) is 0 Å². The standard InChI is InChI=1S/C13H18ClN5O3S/c14-11-8(19-15)12(16-6-3-7(20)10(22)9(6)21)18-13(17-11)23-4-5-1-2-5/h5-7,9-10,15,20-22H,1-4H2,(H,16,17,18)/t6?,7-,9-,10+/m0/s1. The summed E-state index contributed by atoms with van der Waals surface area (Å²) in [7, 11) is 0. The molecule has 23 heavy (non-hydrogen) atoms. The molecule has 0 radical (unpaired) electrons. The molecule has 3 rings (SSSR count). The van der Waals surface area contributed by atoms with Gasteiger partial charge in [0.15, 0.2) is 21.8 Å². The highest BCUT2D eigenvalue weighted by Crippen LogP contribution is 2.38. The maximum absolute atomic E-state index is 9.94. The van der Waals surface area contributed by atoms with Crippen molar-refractivity contribution in [1.29, 1.82) is 5.53 Å². The Morgan fingerprint density at radius 1 is 1.26 bits per heavy atom. The van der Waals surface area contributed by atoms with Gasteiger partial charge in [-0.3, -0.25) is 0 Å². The third-order valence-electron chi connectivity index (χ3n) is 4.05. The summed E-state index contributed by atoms with van der Waals surface area (Å²) in [6, 6.07) is -0.604. The van der Waals surface area contributed by atoms with Crippen LogP contribution >= 0.6 is 23.4 Å². The number of aliphatic hydroxyl groups excluding tert-OH is 3. The zero-order valence-electron chi connectivity index (χ0n) is 12.2. The van der Waals surface area contributed by atoms with Gasteiger partial charge in [-0.1, -0.05) is 23.4 Å². The van der Waals surface area contributed by atoms with E-state index in [1.807, 2.05) is 0 Å². The van der Waals surface area contributed by atoms with Crippen molar-refractivity contribution in [2.45, 2.75) is 48.8 Å². The number of nitrogens with one attached hydrogen (secondary N) is 2. The highest BCUT2D eigenvalue weighted by atomic mass is 35.5. The van der Waals surface area contributed by atoms with E-state index in [1.54, 1.807) is 0 Å². The van der Waals surface area contributed by atoms with Gasteiger partial charge in [0.2, 0.25) is 0 Å². The third kappa shape index (κ3) is 3.74. The molecule has 4 atom stereocenters. The Labute approximate surface area is 142 Å². The van der Waals surface area contributed by atoms with Gasteiger partial charge in [0, 0.05) is 5.75 Å². The van der Waals surface area contributed by atoms with Crippen LogP contribution in [0.5, 0.6) is 0 Å². The Bertz CT molecular complexity index is 603. The fraction of sp³-hybridized carbons (Fsp3) is 0.692. The summed E-state index contributed by atoms with van der Waals surface area (Å²) in [5, 5.41) is 36.0. The predicted molar refractivity (Wildman–Crippen MR) is 85.3 cm³/mol. The van der Waals surface area contributed by atoms with Gasteiger partial charge in [-0.2, -0.15) is 5.11 Å². The van der Waals surface area contributed by atoms with Gasteiger partial charge in [-0.15, -0.1) is 0 Å². The van der Waals surface area contributed by atoms with Crippen molar-refractivity contribution in [1.82, 2.24) is 9.97 Å². The highest BCUT2D eigenvalue weighted by molar-refractivity contribution is 7.99. The molecular weight excluding hydrogens is 342 g/mol. The maximum Gasteiger partial charge on any atom is 0.191 e. The van der Waals surface area contributed by atoms with Gasteiger partial charge >= 0.3 is 0 Å². The van der Waals surface area contributed by atoms with Gasteiger partial charge in [0.25, 0.3) is 0 Å². The smallest absolute Gasteiger partial charge is 0.191 e. The summed E-state index contributed by atoms with van der Waals surface area (Å²) < 4.78 is 0. The Balaban J connectivity index is 1.79. The number of rotatable bonds is 6. The fourth-order valence-electron chi connectivity index (χ4n) is 2.47. The van der Waals surface area contributed by atoms with E-state index in [2.05, 4.69) is 20.4 Å². The molecule has 0 aliphatic heterocycles. The molecule has 1 aromatic rings. The molecule has 2 aliphatic carbocycles. The molecule has 0 saturated heterocycles. The molecule has 8 nitrogen and oxygen atoms in total. The molecule has 1 aromatic heterocycles. The summed E-state index contributed by atoms with van der Waals surface area (Å²) in [5.74, 6) is 1.83. The van der Waals surface area contributed by atoms with Gasteiger partial charge in [-0.05, 0) is 25.2 Å². The number of thioether (sulfide) groups is 1. The van der Waals surface area contributed by atoms with Crippen LogP contribution in [0.3, 0.4) is 0 Å². The lowest BCUT2D eigenvalue weighted by atomic mass is 10.2. The molecule has 10 heteroatoms. The van der Waals surface area contributed by atoms with Crippen molar-refractivity contribution < 1.29 is 15.3 Å². The second-order valence-corrected chi connectivity index (χ2v) is 7.24. The van der Waals surface area contributed by atoms with Crippen LogP contribution < -0.4 is 5.32 Å². The van der Waals surface area contributed by atoms with Gasteiger partial charge in [0.1, 0.15) is 12.2 Å². The molecule has 1 unspecified atom stereocenters. The minimum absolute atomic E-state index is 0.0596. The summed E-state index contributed by atoms with van der Waals surface area (Å²) >= 11 is 7.55. The van der Waals surface area contributed by atoms with Crippen LogP contribution in [0.2, 0.25) is 5.15 Å². The lowest BCUT2D eigenvalue weighted by molar-refractivity contribution is -0.0196. The van der Waals surface area contributed by atoms with Gasteiger partial charge in [-0.25, -0.2) is 15.5 Å². The first-order valence-corrected chi connectivity index (χ1v) is 8.74. The molecule has 0 aromatic carbocycles. The quantitative estimate of drug-likeness (QED) is 0.225. The molecule has 2 aliphatic rings. The van der Waals surface area contributed by atoms with Crippen LogP contribution in [0.15, 0.2) is 10.3 Å². The number of aromatic nitrogens is 2. The average Bonchev–Trinajstić information content (AvgIpc) is 3.31. The molecule has 0 amide bonds. The number of aliphatic hydroxyl groups is 3. The molecule has 0 bridgehead atoms. The zero-order valence-corrected chi connectivity index (χ0v) is 13.8. The Morgan fingerprint density at radius 2 is 2.00 bits per heavy atom. The third-order valence-corrected chi connectivity index (χ3v) is 5.39. The van der Waals surface area contributed by atoms with E-state index in [9.17, 15) is 15.3 Å². The van der Waals surface area contributed by atoms with Crippen molar-refractivity contribution in [2.24, 2.45) is 11.0 Å². The molecule has 1 heterocycles. The number of anilines is 1. The summed E-state index contributed by atoms with van der Waals surface area (Å²) in [6.45, 7) is 0. The van der Waals surface area contributed by atoms with Crippen molar-refractivity contribution in [2.75, 3.05) is 11.1 Å². The maximum atomic E-state index is 9.94. The van der Waals surface area contributed by atoms with Crippen LogP contribution in [0.1, 0.15) is 19.3 Å². The Kier molecular flexibility index (Phi) is 5.02. The first-order valence-electron chi connectivity index (χ1n) is 7.38. The normalized spacial score (nSPS) is 30.4. The van der Waals surface area contributed by atoms with Gasteiger partial charge in [0.05, 0.1) is 12.1 Å².